The number of hydrogen-bond acceptors (Lipinski definition) is 10. The van der Waals surface area contributed by atoms with Gasteiger partial charge in [0, 0.05) is 4.88 Å². The number of nitrogens with one attached hydrogen (secondary N) is 1. The lowest BCUT2D eigenvalue weighted by molar-refractivity contribution is 0.00600. The van der Waals surface area contributed by atoms with Gasteiger partial charge in [0.25, 0.3) is 11.8 Å². The summed E-state index contributed by atoms with van der Waals surface area (Å²) >= 11 is 1.02. The van der Waals surface area contributed by atoms with E-state index in [2.05, 4.69) is 5.32 Å². The summed E-state index contributed by atoms with van der Waals surface area (Å²) in [6.45, 7) is 10.0. The Morgan fingerprint density at radius 2 is 1.40 bits per heavy atom. The van der Waals surface area contributed by atoms with E-state index in [0.717, 1.165) is 16.2 Å². The number of amides is 4. The number of imide groups is 1. The van der Waals surface area contributed by atoms with E-state index in [1.54, 1.807) is 84.0 Å². The highest BCUT2D eigenvalue weighted by atomic mass is 32.1. The first-order valence-electron chi connectivity index (χ1n) is 14.9. The van der Waals surface area contributed by atoms with Crippen molar-refractivity contribution in [2.24, 2.45) is 0 Å². The molecule has 0 aliphatic carbocycles. The highest BCUT2D eigenvalue weighted by molar-refractivity contribution is 7.17. The van der Waals surface area contributed by atoms with Gasteiger partial charge in [-0.15, -0.1) is 11.3 Å². The molecular weight excluding hydrogens is 626 g/mol. The van der Waals surface area contributed by atoms with Gasteiger partial charge < -0.3 is 14.2 Å². The fourth-order valence-corrected chi connectivity index (χ4v) is 6.47. The van der Waals surface area contributed by atoms with Crippen LogP contribution in [0.3, 0.4) is 0 Å². The maximum atomic E-state index is 13.6. The molecule has 0 radical (unpaired) electrons. The van der Waals surface area contributed by atoms with Crippen LogP contribution in [0.2, 0.25) is 0 Å². The molecular formula is C34H35N3O9S. The summed E-state index contributed by atoms with van der Waals surface area (Å²) in [6.07, 6.45) is -1.78. The lowest BCUT2D eigenvalue weighted by Gasteiger charge is -2.38. The molecule has 13 heteroatoms. The minimum atomic E-state index is -1.12. The molecule has 3 aromatic rings. The van der Waals surface area contributed by atoms with Crippen LogP contribution >= 0.6 is 11.3 Å². The van der Waals surface area contributed by atoms with E-state index in [9.17, 15) is 28.8 Å². The highest BCUT2D eigenvalue weighted by Crippen LogP contribution is 2.41. The van der Waals surface area contributed by atoms with E-state index >= 15 is 0 Å². The Bertz CT molecular complexity index is 1730. The summed E-state index contributed by atoms with van der Waals surface area (Å²) < 4.78 is 16.4. The van der Waals surface area contributed by atoms with Crippen molar-refractivity contribution in [3.05, 3.63) is 87.3 Å². The minimum Gasteiger partial charge on any atom is -0.456 e. The first-order valence-corrected chi connectivity index (χ1v) is 15.7. The van der Waals surface area contributed by atoms with Crippen LogP contribution in [-0.2, 0) is 27.2 Å². The lowest BCUT2D eigenvalue weighted by atomic mass is 9.95. The predicted molar refractivity (Wildman–Crippen MR) is 171 cm³/mol. The van der Waals surface area contributed by atoms with Crippen LogP contribution in [0.4, 0.5) is 14.6 Å². The molecule has 0 spiro atoms. The summed E-state index contributed by atoms with van der Waals surface area (Å²) in [6, 6.07) is 13.6. The van der Waals surface area contributed by atoms with Crippen molar-refractivity contribution in [1.82, 2.24) is 9.80 Å². The van der Waals surface area contributed by atoms with Crippen molar-refractivity contribution in [2.45, 2.75) is 71.8 Å². The Kier molecular flexibility index (Phi) is 8.96. The zero-order valence-corrected chi connectivity index (χ0v) is 27.7. The van der Waals surface area contributed by atoms with Gasteiger partial charge in [-0.1, -0.05) is 30.3 Å². The molecule has 0 bridgehead atoms. The molecule has 0 saturated heterocycles. The third kappa shape index (κ3) is 7.35. The molecule has 2 aliphatic rings. The third-order valence-corrected chi connectivity index (χ3v) is 8.33. The number of hydrogen-bond donors (Lipinski definition) is 1. The van der Waals surface area contributed by atoms with Crippen LogP contribution < -0.4 is 5.32 Å². The van der Waals surface area contributed by atoms with E-state index in [1.807, 2.05) is 0 Å². The van der Waals surface area contributed by atoms with Gasteiger partial charge in [-0.3, -0.25) is 24.7 Å². The van der Waals surface area contributed by atoms with Crippen molar-refractivity contribution >= 4 is 52.3 Å². The predicted octanol–water partition coefficient (Wildman–Crippen LogP) is 6.05. The molecule has 1 aromatic heterocycles. The van der Waals surface area contributed by atoms with Crippen molar-refractivity contribution in [2.75, 3.05) is 11.9 Å². The van der Waals surface area contributed by atoms with Gasteiger partial charge in [-0.25, -0.2) is 19.2 Å². The first-order chi connectivity index (χ1) is 22.0. The average molecular weight is 662 g/mol. The van der Waals surface area contributed by atoms with Crippen LogP contribution in [0.1, 0.15) is 93.4 Å². The van der Waals surface area contributed by atoms with E-state index in [1.165, 1.54) is 17.0 Å². The molecule has 1 N–H and O–H groups in total. The van der Waals surface area contributed by atoms with Crippen LogP contribution in [0.15, 0.2) is 54.6 Å². The number of fused-ring (bicyclic) bond motifs is 2. The Balaban J connectivity index is 1.50. The second-order valence-corrected chi connectivity index (χ2v) is 14.2. The van der Waals surface area contributed by atoms with Crippen molar-refractivity contribution in [1.29, 1.82) is 0 Å². The number of carbonyl (C=O) groups excluding carboxylic acids is 6. The molecule has 47 heavy (non-hydrogen) atoms. The minimum absolute atomic E-state index is 0.0206. The molecule has 1 atom stereocenters. The molecule has 4 amide bonds. The number of carbonyl (C=O) groups is 6. The largest absolute Gasteiger partial charge is 0.456 e. The zero-order chi connectivity index (χ0) is 34.3. The highest BCUT2D eigenvalue weighted by Gasteiger charge is 2.43. The van der Waals surface area contributed by atoms with Gasteiger partial charge in [0.15, 0.2) is 0 Å². The zero-order valence-electron chi connectivity index (χ0n) is 26.9. The smallest absolute Gasteiger partial charge is 0.420 e. The van der Waals surface area contributed by atoms with E-state index in [0.29, 0.717) is 10.4 Å². The van der Waals surface area contributed by atoms with Gasteiger partial charge in [0.05, 0.1) is 41.4 Å². The molecule has 246 valence electrons. The number of ether oxygens (including phenoxy) is 3. The topological polar surface area (TPSA) is 149 Å². The summed E-state index contributed by atoms with van der Waals surface area (Å²) in [5.74, 6) is -2.62. The molecule has 0 unspecified atom stereocenters. The standard InChI is InChI=1S/C34H35N3O9S/c1-33(2,3)45-30(41)25-23-16-20(17-37-27(38)21-14-10-11-15-22(21)28(37)39)36(32(43)46-34(4,5)6)18-24(23)47-26(25)35-31(42)44-29(40)19-12-8-7-9-13-19/h7-15,20H,16-18H2,1-6H3,(H,35,42)/t20-/m0/s1. The van der Waals surface area contributed by atoms with Gasteiger partial charge >= 0.3 is 24.1 Å². The fraction of sp³-hybridized carbons (Fsp3) is 0.353. The second kappa shape index (κ2) is 12.6. The number of rotatable bonds is 5. The molecule has 0 fully saturated rings. The van der Waals surface area contributed by atoms with Crippen molar-refractivity contribution < 1.29 is 43.0 Å². The fourth-order valence-electron chi connectivity index (χ4n) is 5.27. The molecule has 2 aromatic carbocycles. The van der Waals surface area contributed by atoms with E-state index in [4.69, 9.17) is 14.2 Å². The summed E-state index contributed by atoms with van der Waals surface area (Å²) in [7, 11) is 0. The number of benzene rings is 2. The second-order valence-electron chi connectivity index (χ2n) is 13.1. The molecule has 5 rings (SSSR count). The molecule has 2 aliphatic heterocycles. The van der Waals surface area contributed by atoms with Crippen LogP contribution in [0.25, 0.3) is 0 Å². The van der Waals surface area contributed by atoms with Crippen LogP contribution in [0, 0.1) is 0 Å². The van der Waals surface area contributed by atoms with Crippen molar-refractivity contribution in [3.8, 4) is 0 Å². The maximum absolute atomic E-state index is 13.6. The number of thiophene rings is 1. The number of nitrogens with zero attached hydrogens (tertiary/aromatic N) is 2. The lowest BCUT2D eigenvalue weighted by Crippen LogP contribution is -2.52. The van der Waals surface area contributed by atoms with Gasteiger partial charge in [-0.2, -0.15) is 0 Å². The number of anilines is 1. The van der Waals surface area contributed by atoms with Gasteiger partial charge in [0.1, 0.15) is 16.2 Å². The summed E-state index contributed by atoms with van der Waals surface area (Å²) in [5.41, 5.74) is -0.573. The molecule has 0 saturated carbocycles. The Hall–Kier alpha value is -5.04. The molecule has 12 nitrogen and oxygen atoms in total. The number of esters is 2. The van der Waals surface area contributed by atoms with Gasteiger partial charge in [0.2, 0.25) is 0 Å². The maximum Gasteiger partial charge on any atom is 0.420 e. The van der Waals surface area contributed by atoms with Gasteiger partial charge in [-0.05, 0) is 77.8 Å². The van der Waals surface area contributed by atoms with Crippen LogP contribution in [-0.4, -0.2) is 69.5 Å². The van der Waals surface area contributed by atoms with E-state index < -0.39 is 53.2 Å². The third-order valence-electron chi connectivity index (χ3n) is 7.20. The summed E-state index contributed by atoms with van der Waals surface area (Å²) in [5, 5.41) is 2.57. The average Bonchev–Trinajstić information content (AvgIpc) is 3.44. The molecule has 3 heterocycles. The van der Waals surface area contributed by atoms with Crippen molar-refractivity contribution in [3.63, 3.8) is 0 Å². The normalized spacial score (nSPS) is 15.9. The van der Waals surface area contributed by atoms with E-state index in [-0.39, 0.29) is 46.8 Å². The Labute approximate surface area is 275 Å². The first kappa shape index (κ1) is 33.3. The van der Waals surface area contributed by atoms with Crippen LogP contribution in [0.5, 0.6) is 0 Å². The Morgan fingerprint density at radius 1 is 0.830 bits per heavy atom. The Morgan fingerprint density at radius 3 is 1.98 bits per heavy atom. The summed E-state index contributed by atoms with van der Waals surface area (Å²) in [4.78, 5) is 82.2. The quantitative estimate of drug-likeness (QED) is 0.149. The SMILES string of the molecule is CC(C)(C)OC(=O)c1c(NC(=O)OC(=O)c2ccccc2)sc2c1C[C@@H](CN1C(=O)c3ccccc3C1=O)N(C(=O)OC(C)(C)C)C2. The monoisotopic (exact) mass is 661 g/mol.